The zero-order chi connectivity index (χ0) is 12.6. The predicted octanol–water partition coefficient (Wildman–Crippen LogP) is 1.97. The molecule has 6 atom stereocenters. The third-order valence-corrected chi connectivity index (χ3v) is 5.22. The van der Waals surface area contributed by atoms with Crippen molar-refractivity contribution in [2.45, 2.75) is 51.8 Å². The van der Waals surface area contributed by atoms with E-state index in [2.05, 4.69) is 26.2 Å². The number of hydrogen-bond donors (Lipinski definition) is 2. The molecule has 3 N–H and O–H groups in total. The Balaban J connectivity index is 2.14. The highest BCUT2D eigenvalue weighted by Crippen LogP contribution is 2.51. The maximum Gasteiger partial charge on any atom is 0.110 e. The Morgan fingerprint density at radius 3 is 2.65 bits per heavy atom. The van der Waals surface area contributed by atoms with Gasteiger partial charge in [0.15, 0.2) is 0 Å². The number of hydrogen-bond acceptors (Lipinski definition) is 3. The zero-order valence-corrected chi connectivity index (χ0v) is 11.7. The summed E-state index contributed by atoms with van der Waals surface area (Å²) in [5, 5.41) is 3.52. The van der Waals surface area contributed by atoms with Crippen LogP contribution in [0.1, 0.15) is 39.5 Å². The third kappa shape index (κ3) is 2.38. The fourth-order valence-electron chi connectivity index (χ4n) is 4.56. The van der Waals surface area contributed by atoms with Crippen molar-refractivity contribution in [1.82, 2.24) is 5.32 Å². The molecule has 0 amide bonds. The molecule has 2 saturated carbocycles. The summed E-state index contributed by atoms with van der Waals surface area (Å²) in [7, 11) is 3.84. The Labute approximate surface area is 105 Å². The van der Waals surface area contributed by atoms with Gasteiger partial charge >= 0.3 is 0 Å². The number of methoxy groups -OCH3 is 1. The van der Waals surface area contributed by atoms with Crippen molar-refractivity contribution in [2.75, 3.05) is 14.2 Å². The highest BCUT2D eigenvalue weighted by atomic mass is 16.5. The molecule has 2 rings (SSSR count). The SMILES string of the molecule is CNC1C(C)CC2CC1CC(C)([C@H](N)OC)C2. The van der Waals surface area contributed by atoms with Crippen molar-refractivity contribution in [3.05, 3.63) is 0 Å². The Hall–Kier alpha value is -0.120. The molecule has 0 heterocycles. The van der Waals surface area contributed by atoms with Gasteiger partial charge in [0.1, 0.15) is 6.23 Å². The van der Waals surface area contributed by atoms with Gasteiger partial charge in [0, 0.05) is 18.6 Å². The normalized spacial score (nSPS) is 47.8. The van der Waals surface area contributed by atoms with E-state index in [-0.39, 0.29) is 11.6 Å². The van der Waals surface area contributed by atoms with E-state index in [9.17, 15) is 0 Å². The first-order chi connectivity index (χ1) is 8.00. The monoisotopic (exact) mass is 240 g/mol. The third-order valence-electron chi connectivity index (χ3n) is 5.22. The molecule has 0 aromatic heterocycles. The van der Waals surface area contributed by atoms with E-state index in [0.717, 1.165) is 17.8 Å². The predicted molar refractivity (Wildman–Crippen MR) is 70.6 cm³/mol. The maximum atomic E-state index is 6.16. The van der Waals surface area contributed by atoms with Gasteiger partial charge in [0.25, 0.3) is 0 Å². The number of nitrogens with one attached hydrogen (secondary N) is 1. The lowest BCUT2D eigenvalue weighted by Crippen LogP contribution is -2.54. The maximum absolute atomic E-state index is 6.16. The van der Waals surface area contributed by atoms with E-state index in [1.165, 1.54) is 25.7 Å². The average molecular weight is 240 g/mol. The minimum absolute atomic E-state index is 0.112. The molecule has 100 valence electrons. The smallest absolute Gasteiger partial charge is 0.110 e. The van der Waals surface area contributed by atoms with Crippen LogP contribution in [0.3, 0.4) is 0 Å². The lowest BCUT2D eigenvalue weighted by atomic mass is 9.57. The minimum atomic E-state index is -0.112. The van der Waals surface area contributed by atoms with Crippen LogP contribution in [0.15, 0.2) is 0 Å². The molecule has 2 aliphatic rings. The highest BCUT2D eigenvalue weighted by molar-refractivity contribution is 4.99. The summed E-state index contributed by atoms with van der Waals surface area (Å²) in [6.45, 7) is 4.70. The van der Waals surface area contributed by atoms with Crippen LogP contribution >= 0.6 is 0 Å². The van der Waals surface area contributed by atoms with Crippen LogP contribution in [0.4, 0.5) is 0 Å². The van der Waals surface area contributed by atoms with Crippen LogP contribution in [-0.4, -0.2) is 26.4 Å². The Morgan fingerprint density at radius 1 is 1.35 bits per heavy atom. The highest BCUT2D eigenvalue weighted by Gasteiger charge is 2.47. The molecule has 2 aliphatic carbocycles. The average Bonchev–Trinajstić information content (AvgIpc) is 2.27. The molecular formula is C14H28N2O. The Bertz CT molecular complexity index is 269. The lowest BCUT2D eigenvalue weighted by molar-refractivity contribution is -0.0713. The number of nitrogens with two attached hydrogens (primary N) is 1. The zero-order valence-electron chi connectivity index (χ0n) is 11.7. The molecule has 3 heteroatoms. The summed E-state index contributed by atoms with van der Waals surface area (Å²) in [4.78, 5) is 0. The summed E-state index contributed by atoms with van der Waals surface area (Å²) in [5.41, 5.74) is 6.33. The lowest BCUT2D eigenvalue weighted by Gasteiger charge is -2.52. The molecular weight excluding hydrogens is 212 g/mol. The van der Waals surface area contributed by atoms with Gasteiger partial charge in [-0.1, -0.05) is 13.8 Å². The van der Waals surface area contributed by atoms with Gasteiger partial charge in [-0.15, -0.1) is 0 Å². The van der Waals surface area contributed by atoms with Crippen molar-refractivity contribution >= 4 is 0 Å². The second-order valence-electron chi connectivity index (χ2n) is 6.61. The molecule has 5 unspecified atom stereocenters. The van der Waals surface area contributed by atoms with Crippen LogP contribution in [0.5, 0.6) is 0 Å². The molecule has 0 radical (unpaired) electrons. The largest absolute Gasteiger partial charge is 0.366 e. The minimum Gasteiger partial charge on any atom is -0.366 e. The Kier molecular flexibility index (Phi) is 3.81. The molecule has 2 bridgehead atoms. The molecule has 0 spiro atoms. The van der Waals surface area contributed by atoms with Gasteiger partial charge in [0.05, 0.1) is 0 Å². The van der Waals surface area contributed by atoms with Gasteiger partial charge in [-0.05, 0) is 50.5 Å². The van der Waals surface area contributed by atoms with E-state index in [1.54, 1.807) is 7.11 Å². The van der Waals surface area contributed by atoms with Gasteiger partial charge in [-0.3, -0.25) is 0 Å². The summed E-state index contributed by atoms with van der Waals surface area (Å²) < 4.78 is 5.41. The number of rotatable bonds is 3. The first kappa shape index (κ1) is 13.3. The quantitative estimate of drug-likeness (QED) is 0.741. The van der Waals surface area contributed by atoms with Crippen LogP contribution < -0.4 is 11.1 Å². The summed E-state index contributed by atoms with van der Waals surface area (Å²) >= 11 is 0. The first-order valence-electron chi connectivity index (χ1n) is 6.96. The van der Waals surface area contributed by atoms with Crippen molar-refractivity contribution in [2.24, 2.45) is 28.9 Å². The number of ether oxygens (including phenoxy) is 1. The number of fused-ring (bicyclic) bond motifs is 2. The molecule has 2 fully saturated rings. The van der Waals surface area contributed by atoms with Gasteiger partial charge < -0.3 is 15.8 Å². The molecule has 0 saturated heterocycles. The van der Waals surface area contributed by atoms with E-state index in [0.29, 0.717) is 6.04 Å². The van der Waals surface area contributed by atoms with Crippen molar-refractivity contribution < 1.29 is 4.74 Å². The fraction of sp³-hybridized carbons (Fsp3) is 1.00. The molecule has 0 aromatic carbocycles. The molecule has 17 heavy (non-hydrogen) atoms. The van der Waals surface area contributed by atoms with Gasteiger partial charge in [0.2, 0.25) is 0 Å². The molecule has 0 aliphatic heterocycles. The van der Waals surface area contributed by atoms with E-state index in [4.69, 9.17) is 10.5 Å². The van der Waals surface area contributed by atoms with Crippen LogP contribution in [0, 0.1) is 23.2 Å². The Morgan fingerprint density at radius 2 is 2.06 bits per heavy atom. The fourth-order valence-corrected chi connectivity index (χ4v) is 4.56. The second-order valence-corrected chi connectivity index (χ2v) is 6.61. The molecule has 3 nitrogen and oxygen atoms in total. The summed E-state index contributed by atoms with van der Waals surface area (Å²) in [6, 6.07) is 0.662. The van der Waals surface area contributed by atoms with E-state index in [1.807, 2.05) is 0 Å². The van der Waals surface area contributed by atoms with Crippen LogP contribution in [0.2, 0.25) is 0 Å². The summed E-state index contributed by atoms with van der Waals surface area (Å²) in [5.74, 6) is 2.42. The van der Waals surface area contributed by atoms with Crippen molar-refractivity contribution in [3.63, 3.8) is 0 Å². The van der Waals surface area contributed by atoms with Crippen LogP contribution in [0.25, 0.3) is 0 Å². The van der Waals surface area contributed by atoms with E-state index < -0.39 is 0 Å². The first-order valence-corrected chi connectivity index (χ1v) is 6.96. The van der Waals surface area contributed by atoms with Crippen molar-refractivity contribution in [3.8, 4) is 0 Å². The topological polar surface area (TPSA) is 47.3 Å². The standard InChI is InChI=1S/C14H28N2O/c1-9-5-10-6-11(12(9)16-3)8-14(2,7-10)13(15)17-4/h9-13,16H,5-8,15H2,1-4H3/t9?,10?,11?,12?,13-,14?/m1/s1. The summed E-state index contributed by atoms with van der Waals surface area (Å²) in [6.07, 6.45) is 5.04. The van der Waals surface area contributed by atoms with Gasteiger partial charge in [-0.25, -0.2) is 0 Å². The van der Waals surface area contributed by atoms with Crippen molar-refractivity contribution in [1.29, 1.82) is 0 Å². The second kappa shape index (κ2) is 4.87. The molecule has 0 aromatic rings. The van der Waals surface area contributed by atoms with E-state index >= 15 is 0 Å². The van der Waals surface area contributed by atoms with Gasteiger partial charge in [-0.2, -0.15) is 0 Å². The van der Waals surface area contributed by atoms with Crippen LogP contribution in [-0.2, 0) is 4.74 Å².